The first kappa shape index (κ1) is 19.7. The SMILES string of the molecule is C[C@H]1CN2C[C@H](NC(=O)C3CCN(C(=O)c4ccc(Cl)cc4)CC3)C[C@H]2CO1. The van der Waals surface area contributed by atoms with Crippen LogP contribution in [-0.4, -0.2) is 72.6 Å². The topological polar surface area (TPSA) is 61.9 Å². The number of nitrogens with zero attached hydrogens (tertiary/aromatic N) is 2. The fourth-order valence-corrected chi connectivity index (χ4v) is 4.71. The Hall–Kier alpha value is -1.63. The Kier molecular flexibility index (Phi) is 5.90. The molecule has 1 aromatic carbocycles. The first-order chi connectivity index (χ1) is 13.5. The van der Waals surface area contributed by atoms with Crippen LogP contribution in [0.3, 0.4) is 0 Å². The van der Waals surface area contributed by atoms with Gasteiger partial charge in [-0.15, -0.1) is 0 Å². The number of nitrogens with one attached hydrogen (secondary N) is 1. The normalized spacial score (nSPS) is 28.8. The highest BCUT2D eigenvalue weighted by molar-refractivity contribution is 6.30. The second-order valence-corrected chi connectivity index (χ2v) is 8.70. The minimum absolute atomic E-state index is 0.0114. The van der Waals surface area contributed by atoms with Crippen LogP contribution >= 0.6 is 11.6 Å². The molecule has 0 aromatic heterocycles. The Bertz CT molecular complexity index is 718. The van der Waals surface area contributed by atoms with Crippen molar-refractivity contribution in [1.82, 2.24) is 15.1 Å². The Morgan fingerprint density at radius 1 is 1.14 bits per heavy atom. The minimum Gasteiger partial charge on any atom is -0.376 e. The Balaban J connectivity index is 1.25. The number of carbonyl (C=O) groups excluding carboxylic acids is 2. The molecule has 3 atom stereocenters. The van der Waals surface area contributed by atoms with Gasteiger partial charge in [0.2, 0.25) is 5.91 Å². The molecule has 7 heteroatoms. The summed E-state index contributed by atoms with van der Waals surface area (Å²) < 4.78 is 5.74. The van der Waals surface area contributed by atoms with Crippen molar-refractivity contribution in [3.63, 3.8) is 0 Å². The summed E-state index contributed by atoms with van der Waals surface area (Å²) in [7, 11) is 0. The molecule has 3 aliphatic rings. The van der Waals surface area contributed by atoms with Crippen molar-refractivity contribution in [2.24, 2.45) is 5.92 Å². The van der Waals surface area contributed by atoms with E-state index < -0.39 is 0 Å². The minimum atomic E-state index is -0.0120. The molecule has 3 aliphatic heterocycles. The van der Waals surface area contributed by atoms with Crippen LogP contribution in [0, 0.1) is 5.92 Å². The van der Waals surface area contributed by atoms with Crippen LogP contribution in [0.4, 0.5) is 0 Å². The molecule has 3 fully saturated rings. The Labute approximate surface area is 171 Å². The maximum Gasteiger partial charge on any atom is 0.253 e. The number of piperidine rings is 1. The Morgan fingerprint density at radius 2 is 1.86 bits per heavy atom. The van der Waals surface area contributed by atoms with Crippen molar-refractivity contribution < 1.29 is 14.3 Å². The molecule has 1 aromatic rings. The van der Waals surface area contributed by atoms with E-state index in [0.29, 0.717) is 42.6 Å². The van der Waals surface area contributed by atoms with Gasteiger partial charge in [-0.25, -0.2) is 0 Å². The second kappa shape index (κ2) is 8.39. The highest BCUT2D eigenvalue weighted by Gasteiger charge is 2.38. The Morgan fingerprint density at radius 3 is 2.57 bits per heavy atom. The van der Waals surface area contributed by atoms with Gasteiger partial charge >= 0.3 is 0 Å². The van der Waals surface area contributed by atoms with Gasteiger partial charge in [0.15, 0.2) is 0 Å². The van der Waals surface area contributed by atoms with Crippen LogP contribution < -0.4 is 5.32 Å². The number of fused-ring (bicyclic) bond motifs is 1. The molecule has 3 heterocycles. The maximum absolute atomic E-state index is 12.7. The fourth-order valence-electron chi connectivity index (χ4n) is 4.58. The molecule has 0 bridgehead atoms. The summed E-state index contributed by atoms with van der Waals surface area (Å²) in [5, 5.41) is 3.87. The number of hydrogen-bond donors (Lipinski definition) is 1. The fraction of sp³-hybridized carbons (Fsp3) is 0.619. The van der Waals surface area contributed by atoms with Gasteiger partial charge in [0.25, 0.3) is 5.91 Å². The average molecular weight is 406 g/mol. The van der Waals surface area contributed by atoms with Crippen molar-refractivity contribution in [3.8, 4) is 0 Å². The van der Waals surface area contributed by atoms with E-state index in [1.807, 2.05) is 4.90 Å². The summed E-state index contributed by atoms with van der Waals surface area (Å²) in [4.78, 5) is 29.6. The lowest BCUT2D eigenvalue weighted by Crippen LogP contribution is -2.46. The van der Waals surface area contributed by atoms with Gasteiger partial charge < -0.3 is 15.0 Å². The van der Waals surface area contributed by atoms with Gasteiger partial charge in [0.05, 0.1) is 12.7 Å². The lowest BCUT2D eigenvalue weighted by atomic mass is 9.95. The summed E-state index contributed by atoms with van der Waals surface area (Å²) in [6.07, 6.45) is 2.66. The number of benzene rings is 1. The number of halogens is 1. The van der Waals surface area contributed by atoms with E-state index >= 15 is 0 Å². The number of hydrogen-bond acceptors (Lipinski definition) is 4. The van der Waals surface area contributed by atoms with E-state index in [0.717, 1.165) is 26.1 Å². The zero-order valence-electron chi connectivity index (χ0n) is 16.3. The van der Waals surface area contributed by atoms with E-state index in [2.05, 4.69) is 17.1 Å². The smallest absolute Gasteiger partial charge is 0.253 e. The molecule has 2 amide bonds. The van der Waals surface area contributed by atoms with Crippen LogP contribution in [0.15, 0.2) is 24.3 Å². The third-order valence-corrected chi connectivity index (χ3v) is 6.44. The molecule has 0 radical (unpaired) electrons. The van der Waals surface area contributed by atoms with E-state index in [1.54, 1.807) is 24.3 Å². The number of morpholine rings is 1. The lowest BCUT2D eigenvalue weighted by Gasteiger charge is -2.33. The van der Waals surface area contributed by atoms with Gasteiger partial charge in [-0.2, -0.15) is 0 Å². The van der Waals surface area contributed by atoms with E-state index in [4.69, 9.17) is 16.3 Å². The van der Waals surface area contributed by atoms with E-state index in [-0.39, 0.29) is 29.9 Å². The number of likely N-dealkylation sites (tertiary alicyclic amines) is 1. The predicted octanol–water partition coefficient (Wildman–Crippen LogP) is 2.17. The number of amides is 2. The van der Waals surface area contributed by atoms with Crippen molar-refractivity contribution in [3.05, 3.63) is 34.9 Å². The standard InChI is InChI=1S/C21H28ClN3O3/c1-14-11-25-12-18(10-19(25)13-28-14)23-20(26)15-6-8-24(9-7-15)21(27)16-2-4-17(22)5-3-16/h2-5,14-15,18-19H,6-13H2,1H3,(H,23,26)/t14-,18+,19-/m0/s1. The molecule has 1 N–H and O–H groups in total. The zero-order chi connectivity index (χ0) is 19.7. The molecule has 28 heavy (non-hydrogen) atoms. The number of rotatable bonds is 3. The maximum atomic E-state index is 12.7. The van der Waals surface area contributed by atoms with Crippen LogP contribution in [0.2, 0.25) is 5.02 Å². The van der Waals surface area contributed by atoms with Crippen LogP contribution in [-0.2, 0) is 9.53 Å². The number of ether oxygens (including phenoxy) is 1. The highest BCUT2D eigenvalue weighted by atomic mass is 35.5. The third-order valence-electron chi connectivity index (χ3n) is 6.18. The van der Waals surface area contributed by atoms with Crippen LogP contribution in [0.1, 0.15) is 36.5 Å². The van der Waals surface area contributed by atoms with E-state index in [1.165, 1.54) is 0 Å². The summed E-state index contributed by atoms with van der Waals surface area (Å²) in [5.74, 6) is 0.136. The van der Waals surface area contributed by atoms with Crippen LogP contribution in [0.5, 0.6) is 0 Å². The van der Waals surface area contributed by atoms with Gasteiger partial charge in [0, 0.05) is 54.8 Å². The molecule has 0 aliphatic carbocycles. The largest absolute Gasteiger partial charge is 0.376 e. The molecule has 3 saturated heterocycles. The first-order valence-corrected chi connectivity index (χ1v) is 10.6. The quantitative estimate of drug-likeness (QED) is 0.837. The molecule has 152 valence electrons. The zero-order valence-corrected chi connectivity index (χ0v) is 17.0. The first-order valence-electron chi connectivity index (χ1n) is 10.2. The van der Waals surface area contributed by atoms with Gasteiger partial charge in [-0.1, -0.05) is 11.6 Å². The molecular formula is C21H28ClN3O3. The molecule has 0 saturated carbocycles. The predicted molar refractivity (Wildman–Crippen MR) is 107 cm³/mol. The van der Waals surface area contributed by atoms with E-state index in [9.17, 15) is 9.59 Å². The van der Waals surface area contributed by atoms with Crippen molar-refractivity contribution >= 4 is 23.4 Å². The molecule has 0 unspecified atom stereocenters. The third kappa shape index (κ3) is 4.34. The number of carbonyl (C=O) groups is 2. The summed E-state index contributed by atoms with van der Waals surface area (Å²) in [6, 6.07) is 7.61. The molecular weight excluding hydrogens is 378 g/mol. The van der Waals surface area contributed by atoms with Crippen molar-refractivity contribution in [1.29, 1.82) is 0 Å². The monoisotopic (exact) mass is 405 g/mol. The van der Waals surface area contributed by atoms with Gasteiger partial charge in [0.1, 0.15) is 0 Å². The second-order valence-electron chi connectivity index (χ2n) is 8.27. The summed E-state index contributed by atoms with van der Waals surface area (Å²) in [6.45, 7) is 5.95. The van der Waals surface area contributed by atoms with Crippen molar-refractivity contribution in [2.75, 3.05) is 32.8 Å². The summed E-state index contributed by atoms with van der Waals surface area (Å²) in [5.41, 5.74) is 0.645. The molecule has 4 rings (SSSR count). The average Bonchev–Trinajstić information content (AvgIpc) is 3.09. The van der Waals surface area contributed by atoms with Crippen LogP contribution in [0.25, 0.3) is 0 Å². The lowest BCUT2D eigenvalue weighted by molar-refractivity contribution is -0.126. The molecule has 6 nitrogen and oxygen atoms in total. The molecule has 0 spiro atoms. The van der Waals surface area contributed by atoms with Gasteiger partial charge in [-0.3, -0.25) is 14.5 Å². The van der Waals surface area contributed by atoms with Crippen molar-refractivity contribution in [2.45, 2.75) is 44.4 Å². The van der Waals surface area contributed by atoms with Gasteiger partial charge in [-0.05, 0) is 50.5 Å². The summed E-state index contributed by atoms with van der Waals surface area (Å²) >= 11 is 5.89. The highest BCUT2D eigenvalue weighted by Crippen LogP contribution is 2.25.